The van der Waals surface area contributed by atoms with E-state index in [0.29, 0.717) is 55.4 Å². The second-order valence-electron chi connectivity index (χ2n) is 12.4. The molecule has 2 aromatic heterocycles. The zero-order valence-electron chi connectivity index (χ0n) is 24.8. The Morgan fingerprint density at radius 3 is 2.70 bits per heavy atom. The van der Waals surface area contributed by atoms with Crippen molar-refractivity contribution in [2.45, 2.75) is 66.1 Å². The molecule has 4 aliphatic heterocycles. The fraction of sp³-hybridized carbons (Fsp3) is 0.679. The molecule has 0 unspecified atom stereocenters. The number of hydrogen-bond acceptors (Lipinski definition) is 14. The summed E-state index contributed by atoms with van der Waals surface area (Å²) in [6.45, 7) is 2.80. The Morgan fingerprint density at radius 1 is 1.25 bits per heavy atom. The molecule has 4 fully saturated rings. The van der Waals surface area contributed by atoms with Crippen LogP contribution >= 0.6 is 23.1 Å². The number of anilines is 3. The number of halogens is 1. The van der Waals surface area contributed by atoms with Crippen molar-refractivity contribution >= 4 is 45.9 Å². The van der Waals surface area contributed by atoms with Crippen LogP contribution in [0.4, 0.5) is 21.3 Å². The molecule has 1 aliphatic carbocycles. The predicted octanol–water partition coefficient (Wildman–Crippen LogP) is 1.75. The van der Waals surface area contributed by atoms with E-state index >= 15 is 0 Å². The molecule has 6 heterocycles. The van der Waals surface area contributed by atoms with Gasteiger partial charge in [0.2, 0.25) is 17.8 Å². The number of primary amides is 1. The van der Waals surface area contributed by atoms with Gasteiger partial charge in [-0.15, -0.1) is 23.1 Å². The molecule has 4 N–H and O–H groups in total. The third-order valence-corrected chi connectivity index (χ3v) is 12.5. The minimum atomic E-state index is -0.985. The second-order valence-corrected chi connectivity index (χ2v) is 14.9. The molecular formula is C28H36FN9O4S2. The van der Waals surface area contributed by atoms with E-state index in [1.54, 1.807) is 16.7 Å². The molecule has 1 amide bonds. The van der Waals surface area contributed by atoms with Crippen LogP contribution in [0.1, 0.15) is 48.1 Å². The smallest absolute Gasteiger partial charge is 0.323 e. The highest BCUT2D eigenvalue weighted by Crippen LogP contribution is 2.58. The van der Waals surface area contributed by atoms with Gasteiger partial charge in [-0.3, -0.25) is 9.69 Å². The summed E-state index contributed by atoms with van der Waals surface area (Å²) in [6, 6.07) is 2.40. The van der Waals surface area contributed by atoms with Gasteiger partial charge in [0.25, 0.3) is 0 Å². The number of nitrogens with zero attached hydrogens (tertiary/aromatic N) is 7. The maximum absolute atomic E-state index is 14.5. The van der Waals surface area contributed by atoms with Gasteiger partial charge in [0, 0.05) is 56.5 Å². The van der Waals surface area contributed by atoms with Crippen LogP contribution in [0.2, 0.25) is 0 Å². The number of amides is 1. The van der Waals surface area contributed by atoms with Gasteiger partial charge in [-0.05, 0) is 32.2 Å². The summed E-state index contributed by atoms with van der Waals surface area (Å²) < 4.78 is 31.4. The number of methoxy groups -OCH3 is 2. The van der Waals surface area contributed by atoms with E-state index < -0.39 is 29.4 Å². The minimum Gasteiger partial charge on any atom is -0.461 e. The molecule has 2 aromatic rings. The number of thioether (sulfide) groups is 1. The van der Waals surface area contributed by atoms with Crippen LogP contribution in [-0.2, 0) is 24.8 Å². The van der Waals surface area contributed by atoms with E-state index in [1.165, 1.54) is 25.6 Å². The summed E-state index contributed by atoms with van der Waals surface area (Å²) in [5.41, 5.74) is 12.3. The molecule has 7 rings (SSSR count). The number of rotatable bonds is 11. The Labute approximate surface area is 263 Å². The number of carbonyl (C=O) groups excluding carboxylic acids is 1. The first kappa shape index (κ1) is 29.7. The minimum absolute atomic E-state index is 0.100. The lowest BCUT2D eigenvalue weighted by Crippen LogP contribution is -2.57. The van der Waals surface area contributed by atoms with E-state index in [4.69, 9.17) is 40.6 Å². The van der Waals surface area contributed by atoms with Crippen molar-refractivity contribution in [3.8, 4) is 12.1 Å². The van der Waals surface area contributed by atoms with Gasteiger partial charge in [0.15, 0.2) is 6.29 Å². The Kier molecular flexibility index (Phi) is 7.32. The number of nitrogen functional groups attached to an aromatic ring is 1. The van der Waals surface area contributed by atoms with Crippen LogP contribution in [0.5, 0.6) is 6.01 Å². The topological polar surface area (TPSA) is 169 Å². The van der Waals surface area contributed by atoms with E-state index in [9.17, 15) is 14.4 Å². The first-order chi connectivity index (χ1) is 21.2. The first-order valence-corrected chi connectivity index (χ1v) is 16.6. The van der Waals surface area contributed by atoms with E-state index in [-0.39, 0.29) is 29.9 Å². The van der Waals surface area contributed by atoms with Crippen LogP contribution in [0.25, 0.3) is 0 Å². The standard InChI is InChI=1S/C28H36FN9O4S2/c1-40-19(41-2)11-38(27(5-6-27)22(32)39)24-33-23(34-25(35-24)42-15-26-4-3-7-37(26)10-16(29)8-26)36-13-28(14-36)20-17(9-30)21(31)44-18(20)12-43-28/h16,19H,3-8,10-15,31H2,1-2H3,(H2,32,39)/t16-,26+/m1/s1. The maximum atomic E-state index is 14.5. The number of carbonyl (C=O) groups is 1. The molecule has 0 aromatic carbocycles. The molecule has 0 radical (unpaired) electrons. The van der Waals surface area contributed by atoms with E-state index in [1.807, 2.05) is 4.90 Å². The third kappa shape index (κ3) is 4.66. The zero-order chi connectivity index (χ0) is 30.9. The molecule has 1 saturated carbocycles. The van der Waals surface area contributed by atoms with Gasteiger partial charge in [0.05, 0.1) is 22.4 Å². The van der Waals surface area contributed by atoms with Crippen LogP contribution < -0.4 is 26.0 Å². The Balaban J connectivity index is 1.22. The Bertz CT molecular complexity index is 1510. The van der Waals surface area contributed by atoms with Gasteiger partial charge in [-0.2, -0.15) is 20.2 Å². The fourth-order valence-electron chi connectivity index (χ4n) is 7.35. The summed E-state index contributed by atoms with van der Waals surface area (Å²) in [4.78, 5) is 34.1. The monoisotopic (exact) mass is 645 g/mol. The number of thiophene rings is 1. The number of fused-ring (bicyclic) bond motifs is 3. The highest BCUT2D eigenvalue weighted by molar-refractivity contribution is 8.00. The molecule has 2 atom stereocenters. The number of nitrogens with two attached hydrogens (primary N) is 2. The predicted molar refractivity (Wildman–Crippen MR) is 163 cm³/mol. The lowest BCUT2D eigenvalue weighted by atomic mass is 9.88. The average molecular weight is 646 g/mol. The van der Waals surface area contributed by atoms with Crippen molar-refractivity contribution in [1.29, 1.82) is 5.26 Å². The molecule has 236 valence electrons. The van der Waals surface area contributed by atoms with Crippen molar-refractivity contribution in [1.82, 2.24) is 19.9 Å². The fourth-order valence-corrected chi connectivity index (χ4v) is 10.2. The van der Waals surface area contributed by atoms with Crippen molar-refractivity contribution in [3.05, 3.63) is 16.0 Å². The molecule has 16 heteroatoms. The Hall–Kier alpha value is -2.97. The van der Waals surface area contributed by atoms with Crippen LogP contribution in [0.3, 0.4) is 0 Å². The van der Waals surface area contributed by atoms with E-state index in [2.05, 4.69) is 11.0 Å². The lowest BCUT2D eigenvalue weighted by molar-refractivity contribution is -0.121. The number of ether oxygens (including phenoxy) is 3. The molecule has 13 nitrogen and oxygen atoms in total. The van der Waals surface area contributed by atoms with E-state index in [0.717, 1.165) is 35.6 Å². The van der Waals surface area contributed by atoms with Gasteiger partial charge in [-0.25, -0.2) is 4.39 Å². The molecule has 5 aliphatic rings. The first-order valence-electron chi connectivity index (χ1n) is 14.8. The zero-order valence-corrected chi connectivity index (χ0v) is 26.4. The van der Waals surface area contributed by atoms with Crippen molar-refractivity contribution < 1.29 is 23.4 Å². The number of nitriles is 1. The van der Waals surface area contributed by atoms with Gasteiger partial charge in [-0.1, -0.05) is 0 Å². The number of aromatic nitrogens is 3. The molecular weight excluding hydrogens is 609 g/mol. The van der Waals surface area contributed by atoms with Gasteiger partial charge >= 0.3 is 6.01 Å². The normalized spacial score (nSPS) is 26.0. The largest absolute Gasteiger partial charge is 0.461 e. The van der Waals surface area contributed by atoms with Gasteiger partial charge in [0.1, 0.15) is 29.4 Å². The summed E-state index contributed by atoms with van der Waals surface area (Å²) in [6.07, 6.45) is 1.77. The third-order valence-electron chi connectivity index (χ3n) is 9.85. The van der Waals surface area contributed by atoms with Crippen molar-refractivity contribution in [2.75, 3.05) is 69.1 Å². The lowest BCUT2D eigenvalue weighted by Gasteiger charge is -2.48. The SMILES string of the molecule is COC(CN(c1nc(OC[C@@]23CCCN2C[C@H](F)C3)nc(N2CC3(C2)SCc2sc(N)c(C#N)c23)n1)C1(C(N)=O)CC1)OC. The van der Waals surface area contributed by atoms with Crippen LogP contribution in [-0.4, -0.2) is 103 Å². The summed E-state index contributed by atoms with van der Waals surface area (Å²) >= 11 is 3.28. The quantitative estimate of drug-likeness (QED) is 0.339. The van der Waals surface area contributed by atoms with Gasteiger partial charge < -0.3 is 35.5 Å². The van der Waals surface area contributed by atoms with Crippen LogP contribution in [0.15, 0.2) is 0 Å². The molecule has 0 bridgehead atoms. The average Bonchev–Trinajstić information content (AvgIpc) is 3.24. The molecule has 44 heavy (non-hydrogen) atoms. The number of alkyl halides is 1. The Morgan fingerprint density at radius 2 is 2.02 bits per heavy atom. The van der Waals surface area contributed by atoms with Crippen LogP contribution in [0, 0.1) is 11.3 Å². The molecule has 1 spiro atoms. The molecule has 3 saturated heterocycles. The number of hydrogen-bond donors (Lipinski definition) is 2. The highest BCUT2D eigenvalue weighted by atomic mass is 32.2. The van der Waals surface area contributed by atoms with Crippen molar-refractivity contribution in [3.63, 3.8) is 0 Å². The maximum Gasteiger partial charge on any atom is 0.323 e. The second kappa shape index (κ2) is 10.8. The summed E-state index contributed by atoms with van der Waals surface area (Å²) in [5, 5.41) is 10.4. The van der Waals surface area contributed by atoms with Crippen molar-refractivity contribution in [2.24, 2.45) is 5.73 Å². The summed E-state index contributed by atoms with van der Waals surface area (Å²) in [5.74, 6) is 0.938. The highest BCUT2D eigenvalue weighted by Gasteiger charge is 2.57. The summed E-state index contributed by atoms with van der Waals surface area (Å²) in [7, 11) is 3.05.